The van der Waals surface area contributed by atoms with E-state index in [2.05, 4.69) is 0 Å². The molecule has 0 aliphatic heterocycles. The SMILES string of the molecule is CC(C)CC[C@@H](O)[C@@H](N)c1ccc(Cl)cc1C(F)(F)F.Cl. The van der Waals surface area contributed by atoms with Crippen molar-refractivity contribution in [1.82, 2.24) is 0 Å². The van der Waals surface area contributed by atoms with Gasteiger partial charge in [-0.1, -0.05) is 31.5 Å². The van der Waals surface area contributed by atoms with E-state index in [9.17, 15) is 18.3 Å². The lowest BCUT2D eigenvalue weighted by molar-refractivity contribution is -0.138. The average molecular weight is 346 g/mol. The molecule has 0 unspecified atom stereocenters. The van der Waals surface area contributed by atoms with Crippen molar-refractivity contribution >= 4 is 24.0 Å². The Morgan fingerprint density at radius 3 is 2.29 bits per heavy atom. The Kier molecular flexibility index (Phi) is 8.03. The predicted molar refractivity (Wildman–Crippen MR) is 80.7 cm³/mol. The normalized spacial score (nSPS) is 14.7. The Balaban J connectivity index is 0.00000400. The van der Waals surface area contributed by atoms with Crippen LogP contribution in [0.4, 0.5) is 13.2 Å². The quantitative estimate of drug-likeness (QED) is 0.820. The van der Waals surface area contributed by atoms with Crippen molar-refractivity contribution in [1.29, 1.82) is 0 Å². The van der Waals surface area contributed by atoms with Gasteiger partial charge in [0.1, 0.15) is 0 Å². The zero-order valence-corrected chi connectivity index (χ0v) is 13.4. The van der Waals surface area contributed by atoms with E-state index in [-0.39, 0.29) is 23.0 Å². The zero-order chi connectivity index (χ0) is 15.5. The third-order valence-corrected chi connectivity index (χ3v) is 3.37. The average Bonchev–Trinajstić information content (AvgIpc) is 2.33. The Labute approximate surface area is 133 Å². The van der Waals surface area contributed by atoms with Crippen LogP contribution in [0.5, 0.6) is 0 Å². The molecule has 0 saturated carbocycles. The lowest BCUT2D eigenvalue weighted by atomic mass is 9.93. The van der Waals surface area contributed by atoms with Crippen molar-refractivity contribution in [2.45, 2.75) is 45.0 Å². The fourth-order valence-corrected chi connectivity index (χ4v) is 2.13. The van der Waals surface area contributed by atoms with Gasteiger partial charge in [0.25, 0.3) is 0 Å². The van der Waals surface area contributed by atoms with E-state index in [1.807, 2.05) is 13.8 Å². The second-order valence-electron chi connectivity index (χ2n) is 5.29. The Morgan fingerprint density at radius 1 is 1.24 bits per heavy atom. The summed E-state index contributed by atoms with van der Waals surface area (Å²) in [5, 5.41) is 9.94. The van der Waals surface area contributed by atoms with E-state index < -0.39 is 23.9 Å². The third-order valence-electron chi connectivity index (χ3n) is 3.13. The predicted octanol–water partition coefficient (Wildman–Crippen LogP) is 4.58. The molecule has 1 aromatic rings. The molecule has 21 heavy (non-hydrogen) atoms. The number of aliphatic hydroxyl groups excluding tert-OH is 1. The molecule has 2 atom stereocenters. The molecule has 0 aliphatic rings. The minimum Gasteiger partial charge on any atom is -0.391 e. The van der Waals surface area contributed by atoms with Crippen LogP contribution in [-0.2, 0) is 6.18 Å². The van der Waals surface area contributed by atoms with Gasteiger partial charge in [-0.15, -0.1) is 12.4 Å². The Morgan fingerprint density at radius 2 is 1.81 bits per heavy atom. The smallest absolute Gasteiger partial charge is 0.391 e. The second-order valence-corrected chi connectivity index (χ2v) is 5.73. The second kappa shape index (κ2) is 8.22. The highest BCUT2D eigenvalue weighted by atomic mass is 35.5. The van der Waals surface area contributed by atoms with Gasteiger partial charge >= 0.3 is 6.18 Å². The number of benzene rings is 1. The summed E-state index contributed by atoms with van der Waals surface area (Å²) < 4.78 is 38.9. The molecule has 1 rings (SSSR count). The van der Waals surface area contributed by atoms with Gasteiger partial charge in [0, 0.05) is 5.02 Å². The first-order valence-corrected chi connectivity index (χ1v) is 6.81. The summed E-state index contributed by atoms with van der Waals surface area (Å²) in [5.74, 6) is 0.351. The number of halogens is 5. The summed E-state index contributed by atoms with van der Waals surface area (Å²) in [4.78, 5) is 0. The highest BCUT2D eigenvalue weighted by molar-refractivity contribution is 6.30. The first-order chi connectivity index (χ1) is 9.12. The van der Waals surface area contributed by atoms with Crippen LogP contribution in [0.2, 0.25) is 5.02 Å². The Hall–Kier alpha value is -0.490. The van der Waals surface area contributed by atoms with E-state index in [4.69, 9.17) is 17.3 Å². The molecule has 0 bridgehead atoms. The van der Waals surface area contributed by atoms with Crippen molar-refractivity contribution < 1.29 is 18.3 Å². The molecule has 0 amide bonds. The van der Waals surface area contributed by atoms with Gasteiger partial charge in [0.05, 0.1) is 17.7 Å². The van der Waals surface area contributed by atoms with Crippen LogP contribution >= 0.6 is 24.0 Å². The molecule has 0 saturated heterocycles. The van der Waals surface area contributed by atoms with Crippen LogP contribution in [0, 0.1) is 5.92 Å². The fraction of sp³-hybridized carbons (Fsp3) is 0.571. The van der Waals surface area contributed by atoms with Crippen molar-refractivity contribution in [3.8, 4) is 0 Å². The zero-order valence-electron chi connectivity index (χ0n) is 11.8. The molecule has 0 radical (unpaired) electrons. The fourth-order valence-electron chi connectivity index (χ4n) is 1.96. The maximum atomic E-state index is 13.0. The molecule has 7 heteroatoms. The molecular formula is C14H20Cl2F3NO. The highest BCUT2D eigenvalue weighted by Gasteiger charge is 2.36. The van der Waals surface area contributed by atoms with Gasteiger partial charge in [0.2, 0.25) is 0 Å². The van der Waals surface area contributed by atoms with Gasteiger partial charge in [-0.25, -0.2) is 0 Å². The molecular weight excluding hydrogens is 326 g/mol. The summed E-state index contributed by atoms with van der Waals surface area (Å²) in [7, 11) is 0. The van der Waals surface area contributed by atoms with Gasteiger partial charge in [-0.2, -0.15) is 13.2 Å². The molecule has 2 nitrogen and oxygen atoms in total. The van der Waals surface area contributed by atoms with E-state index in [1.54, 1.807) is 0 Å². The Bertz CT molecular complexity index is 452. The minimum atomic E-state index is -4.55. The number of rotatable bonds is 5. The maximum absolute atomic E-state index is 13.0. The molecule has 0 fully saturated rings. The van der Waals surface area contributed by atoms with Gasteiger partial charge in [-0.05, 0) is 36.5 Å². The number of aliphatic hydroxyl groups is 1. The van der Waals surface area contributed by atoms with Crippen LogP contribution in [0.25, 0.3) is 0 Å². The van der Waals surface area contributed by atoms with Crippen LogP contribution in [0.15, 0.2) is 18.2 Å². The summed E-state index contributed by atoms with van der Waals surface area (Å²) in [6, 6.07) is 2.34. The van der Waals surface area contributed by atoms with Crippen LogP contribution < -0.4 is 5.73 Å². The van der Waals surface area contributed by atoms with E-state index in [1.165, 1.54) is 12.1 Å². The van der Waals surface area contributed by atoms with Gasteiger partial charge in [-0.3, -0.25) is 0 Å². The number of hydrogen-bond donors (Lipinski definition) is 2. The molecule has 3 N–H and O–H groups in total. The van der Waals surface area contributed by atoms with Crippen molar-refractivity contribution in [2.75, 3.05) is 0 Å². The molecule has 0 aliphatic carbocycles. The summed E-state index contributed by atoms with van der Waals surface area (Å²) in [5.41, 5.74) is 4.76. The van der Waals surface area contributed by atoms with Gasteiger partial charge < -0.3 is 10.8 Å². The largest absolute Gasteiger partial charge is 0.416 e. The molecule has 1 aromatic carbocycles. The van der Waals surface area contributed by atoms with Crippen molar-refractivity contribution in [3.63, 3.8) is 0 Å². The third kappa shape index (κ3) is 6.02. The van der Waals surface area contributed by atoms with Crippen molar-refractivity contribution in [2.24, 2.45) is 11.7 Å². The molecule has 0 heterocycles. The van der Waals surface area contributed by atoms with Crippen LogP contribution in [0.1, 0.15) is 43.9 Å². The topological polar surface area (TPSA) is 46.2 Å². The minimum absolute atomic E-state index is 0. The maximum Gasteiger partial charge on any atom is 0.416 e. The van der Waals surface area contributed by atoms with E-state index in [0.717, 1.165) is 6.07 Å². The van der Waals surface area contributed by atoms with E-state index in [0.29, 0.717) is 18.8 Å². The molecule has 0 spiro atoms. The summed E-state index contributed by atoms with van der Waals surface area (Å²) >= 11 is 5.61. The van der Waals surface area contributed by atoms with Crippen molar-refractivity contribution in [3.05, 3.63) is 34.3 Å². The monoisotopic (exact) mass is 345 g/mol. The number of nitrogens with two attached hydrogens (primary N) is 1. The van der Waals surface area contributed by atoms with E-state index >= 15 is 0 Å². The molecule has 122 valence electrons. The molecule has 0 aromatic heterocycles. The number of alkyl halides is 3. The van der Waals surface area contributed by atoms with Crippen LogP contribution in [0.3, 0.4) is 0 Å². The lowest BCUT2D eigenvalue weighted by Crippen LogP contribution is -2.29. The van der Waals surface area contributed by atoms with Crippen LogP contribution in [-0.4, -0.2) is 11.2 Å². The highest BCUT2D eigenvalue weighted by Crippen LogP contribution is 2.37. The summed E-state index contributed by atoms with van der Waals surface area (Å²) in [6.45, 7) is 3.95. The lowest BCUT2D eigenvalue weighted by Gasteiger charge is -2.23. The standard InChI is InChI=1S/C14H19ClF3NO.ClH/c1-8(2)3-6-12(20)13(19)10-5-4-9(15)7-11(10)14(16,17)18;/h4-5,7-8,12-13,20H,3,6,19H2,1-2H3;1H/t12-,13+;/m1./s1. The number of hydrogen-bond acceptors (Lipinski definition) is 2. The summed E-state index contributed by atoms with van der Waals surface area (Å²) in [6.07, 6.45) is -4.50. The first-order valence-electron chi connectivity index (χ1n) is 6.43. The first kappa shape index (κ1) is 20.5. The van der Waals surface area contributed by atoms with Gasteiger partial charge in [0.15, 0.2) is 0 Å².